The number of ether oxygens (including phenoxy) is 1. The first-order valence-electron chi connectivity index (χ1n) is 5.59. The standard InChI is InChI=1S/C11H16O/c1-2-7-5-6(1)8-3-4-9-11(12-9)10(7)8/h6-11H,1-5H2. The summed E-state index contributed by atoms with van der Waals surface area (Å²) in [5, 5.41) is 0. The summed E-state index contributed by atoms with van der Waals surface area (Å²) in [6, 6.07) is 0. The molecule has 1 aliphatic heterocycles. The van der Waals surface area contributed by atoms with Crippen LogP contribution >= 0.6 is 0 Å². The van der Waals surface area contributed by atoms with Crippen LogP contribution in [0.15, 0.2) is 0 Å². The minimum atomic E-state index is 0.714. The van der Waals surface area contributed by atoms with Gasteiger partial charge in [-0.15, -0.1) is 0 Å². The fourth-order valence-electron chi connectivity index (χ4n) is 4.48. The molecule has 66 valence electrons. The summed E-state index contributed by atoms with van der Waals surface area (Å²) < 4.78 is 5.74. The van der Waals surface area contributed by atoms with Gasteiger partial charge < -0.3 is 4.74 Å². The van der Waals surface area contributed by atoms with Crippen LogP contribution in [0.5, 0.6) is 0 Å². The maximum absolute atomic E-state index is 5.74. The van der Waals surface area contributed by atoms with Crippen molar-refractivity contribution in [1.29, 1.82) is 0 Å². The molecule has 0 aromatic rings. The van der Waals surface area contributed by atoms with Crippen molar-refractivity contribution in [3.05, 3.63) is 0 Å². The van der Waals surface area contributed by atoms with Crippen molar-refractivity contribution in [2.75, 3.05) is 0 Å². The van der Waals surface area contributed by atoms with Gasteiger partial charge in [0.25, 0.3) is 0 Å². The van der Waals surface area contributed by atoms with E-state index in [0.29, 0.717) is 6.10 Å². The fraction of sp³-hybridized carbons (Fsp3) is 1.00. The first-order chi connectivity index (χ1) is 5.93. The molecule has 4 fully saturated rings. The second kappa shape index (κ2) is 1.89. The van der Waals surface area contributed by atoms with Gasteiger partial charge in [0.2, 0.25) is 0 Å². The molecule has 2 bridgehead atoms. The Labute approximate surface area is 73.5 Å². The third-order valence-electron chi connectivity index (χ3n) is 4.94. The maximum Gasteiger partial charge on any atom is 0.0875 e. The third-order valence-corrected chi connectivity index (χ3v) is 4.94. The Morgan fingerprint density at radius 3 is 2.83 bits per heavy atom. The summed E-state index contributed by atoms with van der Waals surface area (Å²) >= 11 is 0. The van der Waals surface area contributed by atoms with Crippen molar-refractivity contribution in [1.82, 2.24) is 0 Å². The van der Waals surface area contributed by atoms with E-state index >= 15 is 0 Å². The second-order valence-corrected chi connectivity index (χ2v) is 5.29. The van der Waals surface area contributed by atoms with E-state index in [1.54, 1.807) is 12.8 Å². The van der Waals surface area contributed by atoms with E-state index in [1.807, 2.05) is 0 Å². The fourth-order valence-corrected chi connectivity index (χ4v) is 4.48. The van der Waals surface area contributed by atoms with E-state index in [0.717, 1.165) is 29.8 Å². The first-order valence-corrected chi connectivity index (χ1v) is 5.59. The molecule has 0 aromatic heterocycles. The summed E-state index contributed by atoms with van der Waals surface area (Å²) in [5.74, 6) is 4.30. The highest BCUT2D eigenvalue weighted by atomic mass is 16.6. The van der Waals surface area contributed by atoms with Gasteiger partial charge in [0.1, 0.15) is 0 Å². The zero-order valence-corrected chi connectivity index (χ0v) is 7.41. The van der Waals surface area contributed by atoms with Gasteiger partial charge in [0.05, 0.1) is 12.2 Å². The van der Waals surface area contributed by atoms with Crippen LogP contribution in [-0.4, -0.2) is 12.2 Å². The Bertz CT molecular complexity index is 225. The number of hydrogen-bond acceptors (Lipinski definition) is 1. The molecule has 12 heavy (non-hydrogen) atoms. The van der Waals surface area contributed by atoms with Crippen LogP contribution < -0.4 is 0 Å². The summed E-state index contributed by atoms with van der Waals surface area (Å²) in [6.07, 6.45) is 8.95. The normalized spacial score (nSPS) is 66.0. The van der Waals surface area contributed by atoms with Gasteiger partial charge in [-0.05, 0) is 55.8 Å². The van der Waals surface area contributed by atoms with Crippen LogP contribution in [0.3, 0.4) is 0 Å². The predicted octanol–water partition coefficient (Wildman–Crippen LogP) is 2.21. The molecule has 4 rings (SSSR count). The zero-order valence-electron chi connectivity index (χ0n) is 7.41. The number of fused-ring (bicyclic) bond motifs is 7. The number of hydrogen-bond donors (Lipinski definition) is 0. The van der Waals surface area contributed by atoms with Gasteiger partial charge in [-0.3, -0.25) is 0 Å². The Morgan fingerprint density at radius 1 is 0.917 bits per heavy atom. The van der Waals surface area contributed by atoms with Crippen LogP contribution in [0, 0.1) is 23.7 Å². The molecule has 1 saturated heterocycles. The lowest BCUT2D eigenvalue weighted by Crippen LogP contribution is -2.31. The average molecular weight is 164 g/mol. The van der Waals surface area contributed by atoms with Gasteiger partial charge in [-0.2, -0.15) is 0 Å². The molecule has 0 N–H and O–H groups in total. The van der Waals surface area contributed by atoms with Crippen molar-refractivity contribution in [3.63, 3.8) is 0 Å². The monoisotopic (exact) mass is 164 g/mol. The van der Waals surface area contributed by atoms with Crippen molar-refractivity contribution in [2.45, 2.75) is 44.3 Å². The van der Waals surface area contributed by atoms with Gasteiger partial charge in [0.15, 0.2) is 0 Å². The van der Waals surface area contributed by atoms with Crippen LogP contribution in [0.4, 0.5) is 0 Å². The SMILES string of the molecule is C1CC2CC1C1CCC3OC3C21. The highest BCUT2D eigenvalue weighted by Crippen LogP contribution is 2.61. The quantitative estimate of drug-likeness (QED) is 0.500. The summed E-state index contributed by atoms with van der Waals surface area (Å²) in [5.41, 5.74) is 0. The minimum absolute atomic E-state index is 0.714. The molecule has 6 unspecified atom stereocenters. The topological polar surface area (TPSA) is 12.5 Å². The van der Waals surface area contributed by atoms with E-state index < -0.39 is 0 Å². The Balaban J connectivity index is 1.71. The van der Waals surface area contributed by atoms with Crippen molar-refractivity contribution >= 4 is 0 Å². The van der Waals surface area contributed by atoms with E-state index in [9.17, 15) is 0 Å². The second-order valence-electron chi connectivity index (χ2n) is 5.29. The molecule has 0 radical (unpaired) electrons. The Morgan fingerprint density at radius 2 is 1.83 bits per heavy atom. The first kappa shape index (κ1) is 6.42. The van der Waals surface area contributed by atoms with Crippen LogP contribution in [0.2, 0.25) is 0 Å². The molecule has 0 amide bonds. The predicted molar refractivity (Wildman–Crippen MR) is 45.7 cm³/mol. The summed E-state index contributed by atoms with van der Waals surface area (Å²) in [4.78, 5) is 0. The molecule has 1 heteroatoms. The lowest BCUT2D eigenvalue weighted by molar-refractivity contribution is 0.164. The minimum Gasteiger partial charge on any atom is -0.369 e. The largest absolute Gasteiger partial charge is 0.369 e. The third kappa shape index (κ3) is 0.618. The highest BCUT2D eigenvalue weighted by Gasteiger charge is 2.60. The Kier molecular flexibility index (Phi) is 1.01. The molecule has 1 heterocycles. The average Bonchev–Trinajstić information content (AvgIpc) is 2.62. The summed E-state index contributed by atoms with van der Waals surface area (Å²) in [6.45, 7) is 0. The lowest BCUT2D eigenvalue weighted by atomic mass is 9.71. The van der Waals surface area contributed by atoms with Crippen molar-refractivity contribution in [3.8, 4) is 0 Å². The molecular weight excluding hydrogens is 148 g/mol. The summed E-state index contributed by atoms with van der Waals surface area (Å²) in [7, 11) is 0. The van der Waals surface area contributed by atoms with Gasteiger partial charge in [0, 0.05) is 0 Å². The molecule has 3 aliphatic carbocycles. The maximum atomic E-state index is 5.74. The van der Waals surface area contributed by atoms with Crippen LogP contribution in [0.1, 0.15) is 32.1 Å². The van der Waals surface area contributed by atoms with Crippen LogP contribution in [-0.2, 0) is 4.74 Å². The number of rotatable bonds is 0. The van der Waals surface area contributed by atoms with Gasteiger partial charge >= 0.3 is 0 Å². The lowest BCUT2D eigenvalue weighted by Gasteiger charge is -2.32. The molecule has 3 saturated carbocycles. The van der Waals surface area contributed by atoms with E-state index in [4.69, 9.17) is 4.74 Å². The number of epoxide rings is 1. The van der Waals surface area contributed by atoms with Crippen molar-refractivity contribution < 1.29 is 4.74 Å². The highest BCUT2D eigenvalue weighted by molar-refractivity contribution is 5.08. The van der Waals surface area contributed by atoms with Gasteiger partial charge in [-0.1, -0.05) is 0 Å². The molecule has 0 aromatic carbocycles. The molecular formula is C11H16O. The van der Waals surface area contributed by atoms with Crippen LogP contribution in [0.25, 0.3) is 0 Å². The molecule has 6 atom stereocenters. The molecule has 4 aliphatic rings. The van der Waals surface area contributed by atoms with E-state index in [2.05, 4.69) is 0 Å². The zero-order chi connectivity index (χ0) is 7.71. The molecule has 0 spiro atoms. The smallest absolute Gasteiger partial charge is 0.0875 e. The molecule has 1 nitrogen and oxygen atoms in total. The Hall–Kier alpha value is -0.0400. The van der Waals surface area contributed by atoms with Crippen molar-refractivity contribution in [2.24, 2.45) is 23.7 Å². The van der Waals surface area contributed by atoms with E-state index in [1.165, 1.54) is 19.3 Å². The van der Waals surface area contributed by atoms with E-state index in [-0.39, 0.29) is 0 Å². The van der Waals surface area contributed by atoms with Gasteiger partial charge in [-0.25, -0.2) is 0 Å².